The van der Waals surface area contributed by atoms with Gasteiger partial charge in [0, 0.05) is 12.1 Å². The van der Waals surface area contributed by atoms with E-state index in [4.69, 9.17) is 0 Å². The van der Waals surface area contributed by atoms with Crippen molar-refractivity contribution >= 4 is 15.9 Å². The molecule has 1 amide bonds. The maximum absolute atomic E-state index is 13.4. The molecule has 0 saturated carbocycles. The summed E-state index contributed by atoms with van der Waals surface area (Å²) in [6.07, 6.45) is 0. The zero-order valence-corrected chi connectivity index (χ0v) is 12.7. The van der Waals surface area contributed by atoms with Gasteiger partial charge in [0.05, 0.1) is 11.4 Å². The molecule has 0 aliphatic heterocycles. The van der Waals surface area contributed by atoms with E-state index in [0.29, 0.717) is 5.56 Å². The minimum atomic E-state index is -3.91. The summed E-state index contributed by atoms with van der Waals surface area (Å²) in [6.45, 7) is -0.558. The molecule has 0 aromatic heterocycles. The van der Waals surface area contributed by atoms with E-state index in [1.54, 1.807) is 6.07 Å². The Balaban J connectivity index is 1.89. The Morgan fingerprint density at radius 1 is 1.00 bits per heavy atom. The van der Waals surface area contributed by atoms with Crippen LogP contribution in [0.1, 0.15) is 5.56 Å². The van der Waals surface area contributed by atoms with Crippen LogP contribution in [0.25, 0.3) is 0 Å². The minimum absolute atomic E-state index is 0.0518. The third-order valence-corrected chi connectivity index (χ3v) is 4.40. The summed E-state index contributed by atoms with van der Waals surface area (Å²) in [5.41, 5.74) is 0.294. The van der Waals surface area contributed by atoms with Gasteiger partial charge in [-0.1, -0.05) is 18.2 Å². The molecule has 0 atom stereocenters. The van der Waals surface area contributed by atoms with Crippen molar-refractivity contribution in [3.63, 3.8) is 0 Å². The molecule has 0 saturated heterocycles. The zero-order valence-electron chi connectivity index (χ0n) is 11.9. The lowest BCUT2D eigenvalue weighted by atomic mass is 10.2. The van der Waals surface area contributed by atoms with E-state index >= 15 is 0 Å². The first-order chi connectivity index (χ1) is 10.9. The van der Waals surface area contributed by atoms with Crippen LogP contribution in [0, 0.1) is 11.6 Å². The molecule has 23 heavy (non-hydrogen) atoms. The minimum Gasteiger partial charge on any atom is -0.351 e. The van der Waals surface area contributed by atoms with Crippen molar-refractivity contribution in [2.24, 2.45) is 0 Å². The molecule has 0 aliphatic rings. The first-order valence-electron chi connectivity index (χ1n) is 6.64. The largest absolute Gasteiger partial charge is 0.351 e. The predicted molar refractivity (Wildman–Crippen MR) is 79.8 cm³/mol. The molecule has 122 valence electrons. The predicted octanol–water partition coefficient (Wildman–Crippen LogP) is 1.56. The van der Waals surface area contributed by atoms with Crippen LogP contribution in [0.15, 0.2) is 53.4 Å². The van der Waals surface area contributed by atoms with Crippen LogP contribution in [-0.4, -0.2) is 20.9 Å². The fraction of sp³-hybridized carbons (Fsp3) is 0.133. The standard InChI is InChI=1S/C15H14F2N2O3S/c16-12-5-7-13(8-6-12)23(21,22)19-10-15(20)18-9-11-3-1-2-4-14(11)17/h1-8,19H,9-10H2,(H,18,20). The van der Waals surface area contributed by atoms with E-state index in [0.717, 1.165) is 24.3 Å². The number of hydrogen-bond acceptors (Lipinski definition) is 3. The molecular weight excluding hydrogens is 326 g/mol. The summed E-state index contributed by atoms with van der Waals surface area (Å²) in [5.74, 6) is -1.63. The molecule has 0 bridgehead atoms. The third kappa shape index (κ3) is 4.83. The molecule has 0 aliphatic carbocycles. The monoisotopic (exact) mass is 340 g/mol. The van der Waals surface area contributed by atoms with E-state index in [-0.39, 0.29) is 11.4 Å². The topological polar surface area (TPSA) is 75.3 Å². The molecule has 0 unspecified atom stereocenters. The Morgan fingerprint density at radius 2 is 1.65 bits per heavy atom. The van der Waals surface area contributed by atoms with E-state index < -0.39 is 34.1 Å². The highest BCUT2D eigenvalue weighted by Crippen LogP contribution is 2.09. The van der Waals surface area contributed by atoms with Gasteiger partial charge in [0.1, 0.15) is 11.6 Å². The Hall–Kier alpha value is -2.32. The van der Waals surface area contributed by atoms with Gasteiger partial charge >= 0.3 is 0 Å². The van der Waals surface area contributed by atoms with Crippen LogP contribution in [0.2, 0.25) is 0 Å². The van der Waals surface area contributed by atoms with Crippen molar-refractivity contribution in [2.75, 3.05) is 6.54 Å². The van der Waals surface area contributed by atoms with Crippen LogP contribution in [0.3, 0.4) is 0 Å². The second-order valence-corrected chi connectivity index (χ2v) is 6.41. The van der Waals surface area contributed by atoms with Crippen LogP contribution < -0.4 is 10.0 Å². The lowest BCUT2D eigenvalue weighted by Gasteiger charge is -2.08. The summed E-state index contributed by atoms with van der Waals surface area (Å²) in [6, 6.07) is 10.1. The molecule has 2 rings (SSSR count). The zero-order chi connectivity index (χ0) is 16.9. The van der Waals surface area contributed by atoms with Crippen molar-refractivity contribution in [3.05, 3.63) is 65.7 Å². The van der Waals surface area contributed by atoms with Gasteiger partial charge in [-0.2, -0.15) is 0 Å². The van der Waals surface area contributed by atoms with Crippen molar-refractivity contribution in [1.82, 2.24) is 10.0 Å². The Labute approximate surface area is 132 Å². The Kier molecular flexibility index (Phi) is 5.41. The fourth-order valence-electron chi connectivity index (χ4n) is 1.76. The van der Waals surface area contributed by atoms with Crippen molar-refractivity contribution < 1.29 is 22.0 Å². The maximum Gasteiger partial charge on any atom is 0.241 e. The van der Waals surface area contributed by atoms with Crippen LogP contribution in [0.4, 0.5) is 8.78 Å². The van der Waals surface area contributed by atoms with E-state index in [2.05, 4.69) is 10.0 Å². The summed E-state index contributed by atoms with van der Waals surface area (Å²) >= 11 is 0. The van der Waals surface area contributed by atoms with Crippen molar-refractivity contribution in [1.29, 1.82) is 0 Å². The van der Waals surface area contributed by atoms with Gasteiger partial charge in [-0.15, -0.1) is 0 Å². The maximum atomic E-state index is 13.4. The lowest BCUT2D eigenvalue weighted by molar-refractivity contribution is -0.120. The molecule has 0 heterocycles. The third-order valence-electron chi connectivity index (χ3n) is 2.98. The van der Waals surface area contributed by atoms with Crippen molar-refractivity contribution in [3.8, 4) is 0 Å². The number of amides is 1. The number of benzene rings is 2. The quantitative estimate of drug-likeness (QED) is 0.838. The molecule has 5 nitrogen and oxygen atoms in total. The van der Waals surface area contributed by atoms with E-state index in [1.165, 1.54) is 18.2 Å². The number of halogens is 2. The average Bonchev–Trinajstić information content (AvgIpc) is 2.53. The molecular formula is C15H14F2N2O3S. The SMILES string of the molecule is O=C(CNS(=O)(=O)c1ccc(F)cc1)NCc1ccccc1F. The van der Waals surface area contributed by atoms with Gasteiger partial charge in [-0.3, -0.25) is 4.79 Å². The summed E-state index contributed by atoms with van der Waals surface area (Å²) in [4.78, 5) is 11.5. The fourth-order valence-corrected chi connectivity index (χ4v) is 2.74. The number of nitrogens with one attached hydrogen (secondary N) is 2. The summed E-state index contributed by atoms with van der Waals surface area (Å²) in [7, 11) is -3.91. The first-order valence-corrected chi connectivity index (χ1v) is 8.12. The van der Waals surface area contributed by atoms with Gasteiger partial charge in [-0.25, -0.2) is 21.9 Å². The average molecular weight is 340 g/mol. The molecule has 0 radical (unpaired) electrons. The van der Waals surface area contributed by atoms with Crippen LogP contribution in [0.5, 0.6) is 0 Å². The number of sulfonamides is 1. The number of hydrogen-bond donors (Lipinski definition) is 2. The Bertz CT molecular complexity index is 793. The molecule has 2 aromatic rings. The number of rotatable bonds is 6. The number of carbonyl (C=O) groups is 1. The highest BCUT2D eigenvalue weighted by Gasteiger charge is 2.15. The smallest absolute Gasteiger partial charge is 0.241 e. The summed E-state index contributed by atoms with van der Waals surface area (Å²) in [5, 5.41) is 2.41. The van der Waals surface area contributed by atoms with Crippen LogP contribution in [-0.2, 0) is 21.4 Å². The highest BCUT2D eigenvalue weighted by atomic mass is 32.2. The van der Waals surface area contributed by atoms with Crippen molar-refractivity contribution in [2.45, 2.75) is 11.4 Å². The second-order valence-electron chi connectivity index (χ2n) is 4.65. The first kappa shape index (κ1) is 17.0. The van der Waals surface area contributed by atoms with Gasteiger partial charge in [0.2, 0.25) is 15.9 Å². The summed E-state index contributed by atoms with van der Waals surface area (Å²) < 4.78 is 52.0. The lowest BCUT2D eigenvalue weighted by Crippen LogP contribution is -2.36. The van der Waals surface area contributed by atoms with E-state index in [9.17, 15) is 22.0 Å². The molecule has 2 N–H and O–H groups in total. The Morgan fingerprint density at radius 3 is 2.30 bits per heavy atom. The van der Waals surface area contributed by atoms with Gasteiger partial charge < -0.3 is 5.32 Å². The highest BCUT2D eigenvalue weighted by molar-refractivity contribution is 7.89. The number of carbonyl (C=O) groups excluding carboxylic acids is 1. The second kappa shape index (κ2) is 7.30. The van der Waals surface area contributed by atoms with Crippen LogP contribution >= 0.6 is 0 Å². The molecule has 2 aromatic carbocycles. The van der Waals surface area contributed by atoms with Gasteiger partial charge in [0.25, 0.3) is 0 Å². The van der Waals surface area contributed by atoms with Gasteiger partial charge in [-0.05, 0) is 30.3 Å². The molecule has 8 heteroatoms. The normalized spacial score (nSPS) is 11.2. The molecule has 0 fully saturated rings. The van der Waals surface area contributed by atoms with Gasteiger partial charge in [0.15, 0.2) is 0 Å². The molecule has 0 spiro atoms. The van der Waals surface area contributed by atoms with E-state index in [1.807, 2.05) is 0 Å².